The van der Waals surface area contributed by atoms with E-state index in [1.165, 1.54) is 0 Å². The molecule has 0 saturated carbocycles. The van der Waals surface area contributed by atoms with E-state index in [0.29, 0.717) is 0 Å². The Morgan fingerprint density at radius 1 is 1.29 bits per heavy atom. The third-order valence-electron chi connectivity index (χ3n) is 3.24. The van der Waals surface area contributed by atoms with Gasteiger partial charge in [0.05, 0.1) is 5.54 Å². The summed E-state index contributed by atoms with van der Waals surface area (Å²) >= 11 is 0. The highest BCUT2D eigenvalue weighted by atomic mass is 16.2. The minimum absolute atomic E-state index is 0.280. The molecule has 2 heterocycles. The van der Waals surface area contributed by atoms with Gasteiger partial charge in [-0.25, -0.2) is 0 Å². The molecule has 1 atom stereocenters. The van der Waals surface area contributed by atoms with E-state index >= 15 is 0 Å². The van der Waals surface area contributed by atoms with Crippen molar-refractivity contribution in [2.75, 3.05) is 32.7 Å². The summed E-state index contributed by atoms with van der Waals surface area (Å²) in [4.78, 5) is 14.1. The highest BCUT2D eigenvalue weighted by Gasteiger charge is 2.38. The summed E-state index contributed by atoms with van der Waals surface area (Å²) in [5.41, 5.74) is -0.280. The number of amides is 1. The second kappa shape index (κ2) is 3.87. The van der Waals surface area contributed by atoms with Gasteiger partial charge in [-0.2, -0.15) is 0 Å². The first-order valence-electron chi connectivity index (χ1n) is 5.47. The van der Waals surface area contributed by atoms with Crippen molar-refractivity contribution in [2.24, 2.45) is 0 Å². The molecule has 2 N–H and O–H groups in total. The van der Waals surface area contributed by atoms with Crippen LogP contribution in [-0.4, -0.2) is 49.1 Å². The van der Waals surface area contributed by atoms with E-state index < -0.39 is 0 Å². The number of carbonyl (C=O) groups excluding carboxylic acids is 1. The molecular formula is C10H19N3O. The average molecular weight is 197 g/mol. The maximum Gasteiger partial charge on any atom is 0.242 e. The van der Waals surface area contributed by atoms with Crippen LogP contribution in [0.1, 0.15) is 19.8 Å². The van der Waals surface area contributed by atoms with E-state index in [1.54, 1.807) is 0 Å². The zero-order valence-corrected chi connectivity index (χ0v) is 8.81. The molecule has 2 aliphatic heterocycles. The highest BCUT2D eigenvalue weighted by molar-refractivity contribution is 5.86. The van der Waals surface area contributed by atoms with Gasteiger partial charge in [0.2, 0.25) is 5.91 Å². The zero-order valence-electron chi connectivity index (χ0n) is 8.81. The molecule has 0 aromatic carbocycles. The minimum Gasteiger partial charge on any atom is -0.339 e. The number of hydrogen-bond donors (Lipinski definition) is 2. The molecule has 2 saturated heterocycles. The molecule has 2 aliphatic rings. The van der Waals surface area contributed by atoms with Gasteiger partial charge in [0, 0.05) is 26.2 Å². The maximum absolute atomic E-state index is 12.2. The second-order valence-corrected chi connectivity index (χ2v) is 4.40. The van der Waals surface area contributed by atoms with Gasteiger partial charge in [0.25, 0.3) is 0 Å². The van der Waals surface area contributed by atoms with Gasteiger partial charge >= 0.3 is 0 Å². The van der Waals surface area contributed by atoms with Crippen LogP contribution in [0.25, 0.3) is 0 Å². The standard InChI is InChI=1S/C10H19N3O/c1-10(3-2-4-12-10)9(14)13-7-5-11-6-8-13/h11-12H,2-8H2,1H3. The fourth-order valence-corrected chi connectivity index (χ4v) is 2.29. The highest BCUT2D eigenvalue weighted by Crippen LogP contribution is 2.21. The van der Waals surface area contributed by atoms with Crippen LogP contribution in [0.4, 0.5) is 0 Å². The smallest absolute Gasteiger partial charge is 0.242 e. The van der Waals surface area contributed by atoms with Gasteiger partial charge in [0.1, 0.15) is 0 Å². The maximum atomic E-state index is 12.2. The number of nitrogens with one attached hydrogen (secondary N) is 2. The van der Waals surface area contributed by atoms with Gasteiger partial charge in [0.15, 0.2) is 0 Å². The lowest BCUT2D eigenvalue weighted by Gasteiger charge is -2.34. The molecule has 2 fully saturated rings. The first-order chi connectivity index (χ1) is 6.72. The molecule has 80 valence electrons. The average Bonchev–Trinajstić information content (AvgIpc) is 2.67. The van der Waals surface area contributed by atoms with E-state index in [-0.39, 0.29) is 11.4 Å². The summed E-state index contributed by atoms with van der Waals surface area (Å²) in [6, 6.07) is 0. The normalized spacial score (nSPS) is 33.4. The van der Waals surface area contributed by atoms with E-state index in [9.17, 15) is 4.79 Å². The third kappa shape index (κ3) is 1.77. The first kappa shape index (κ1) is 9.93. The lowest BCUT2D eigenvalue weighted by molar-refractivity contribution is -0.137. The van der Waals surface area contributed by atoms with Crippen molar-refractivity contribution in [3.63, 3.8) is 0 Å². The Hall–Kier alpha value is -0.610. The number of carbonyl (C=O) groups is 1. The molecule has 0 spiro atoms. The van der Waals surface area contributed by atoms with Crippen LogP contribution in [0.15, 0.2) is 0 Å². The van der Waals surface area contributed by atoms with Crippen LogP contribution in [-0.2, 0) is 4.79 Å². The molecule has 1 unspecified atom stereocenters. The largest absolute Gasteiger partial charge is 0.339 e. The Kier molecular flexibility index (Phi) is 2.74. The molecular weight excluding hydrogens is 178 g/mol. The van der Waals surface area contributed by atoms with Gasteiger partial charge in [-0.3, -0.25) is 4.79 Å². The van der Waals surface area contributed by atoms with Crippen molar-refractivity contribution in [1.29, 1.82) is 0 Å². The lowest BCUT2D eigenvalue weighted by atomic mass is 9.98. The van der Waals surface area contributed by atoms with Crippen molar-refractivity contribution in [2.45, 2.75) is 25.3 Å². The van der Waals surface area contributed by atoms with Crippen LogP contribution in [0.2, 0.25) is 0 Å². The van der Waals surface area contributed by atoms with E-state index in [1.807, 2.05) is 11.8 Å². The van der Waals surface area contributed by atoms with Crippen LogP contribution in [0.3, 0.4) is 0 Å². The van der Waals surface area contributed by atoms with E-state index in [0.717, 1.165) is 45.6 Å². The second-order valence-electron chi connectivity index (χ2n) is 4.40. The Morgan fingerprint density at radius 2 is 2.00 bits per heavy atom. The molecule has 0 bridgehead atoms. The first-order valence-corrected chi connectivity index (χ1v) is 5.47. The quantitative estimate of drug-likeness (QED) is 0.599. The monoisotopic (exact) mass is 197 g/mol. The van der Waals surface area contributed by atoms with Gasteiger partial charge < -0.3 is 15.5 Å². The molecule has 0 aliphatic carbocycles. The van der Waals surface area contributed by atoms with Crippen molar-refractivity contribution >= 4 is 5.91 Å². The van der Waals surface area contributed by atoms with Gasteiger partial charge in [-0.05, 0) is 26.3 Å². The fraction of sp³-hybridized carbons (Fsp3) is 0.900. The molecule has 0 aromatic heterocycles. The predicted octanol–water partition coefficient (Wildman–Crippen LogP) is -0.440. The fourth-order valence-electron chi connectivity index (χ4n) is 2.29. The van der Waals surface area contributed by atoms with Crippen LogP contribution in [0.5, 0.6) is 0 Å². The third-order valence-corrected chi connectivity index (χ3v) is 3.24. The van der Waals surface area contributed by atoms with Gasteiger partial charge in [-0.15, -0.1) is 0 Å². The van der Waals surface area contributed by atoms with Gasteiger partial charge in [-0.1, -0.05) is 0 Å². The Labute approximate surface area is 85.0 Å². The summed E-state index contributed by atoms with van der Waals surface area (Å²) in [5.74, 6) is 0.288. The minimum atomic E-state index is -0.280. The summed E-state index contributed by atoms with van der Waals surface area (Å²) in [5, 5.41) is 6.58. The summed E-state index contributed by atoms with van der Waals surface area (Å²) in [6.07, 6.45) is 2.10. The molecule has 1 amide bonds. The SMILES string of the molecule is CC1(C(=O)N2CCNCC2)CCCN1. The molecule has 0 radical (unpaired) electrons. The molecule has 14 heavy (non-hydrogen) atoms. The van der Waals surface area contributed by atoms with Crippen molar-refractivity contribution < 1.29 is 4.79 Å². The molecule has 2 rings (SSSR count). The summed E-state index contributed by atoms with van der Waals surface area (Å²) in [6.45, 7) is 6.59. The van der Waals surface area contributed by atoms with Crippen molar-refractivity contribution in [3.05, 3.63) is 0 Å². The van der Waals surface area contributed by atoms with Crippen LogP contribution in [0, 0.1) is 0 Å². The topological polar surface area (TPSA) is 44.4 Å². The Bertz CT molecular complexity index is 217. The predicted molar refractivity (Wildman–Crippen MR) is 55.1 cm³/mol. The zero-order chi connectivity index (χ0) is 10.0. The number of hydrogen-bond acceptors (Lipinski definition) is 3. The summed E-state index contributed by atoms with van der Waals surface area (Å²) < 4.78 is 0. The van der Waals surface area contributed by atoms with Crippen LogP contribution < -0.4 is 10.6 Å². The number of nitrogens with zero attached hydrogens (tertiary/aromatic N) is 1. The molecule has 4 heteroatoms. The lowest BCUT2D eigenvalue weighted by Crippen LogP contribution is -2.57. The van der Waals surface area contributed by atoms with E-state index in [4.69, 9.17) is 0 Å². The van der Waals surface area contributed by atoms with Crippen molar-refractivity contribution in [3.8, 4) is 0 Å². The van der Waals surface area contributed by atoms with Crippen molar-refractivity contribution in [1.82, 2.24) is 15.5 Å². The summed E-state index contributed by atoms with van der Waals surface area (Å²) in [7, 11) is 0. The Morgan fingerprint density at radius 3 is 2.57 bits per heavy atom. The number of rotatable bonds is 1. The van der Waals surface area contributed by atoms with Crippen LogP contribution >= 0.6 is 0 Å². The molecule has 4 nitrogen and oxygen atoms in total. The molecule has 0 aromatic rings. The number of piperazine rings is 1. The Balaban J connectivity index is 1.98. The van der Waals surface area contributed by atoms with E-state index in [2.05, 4.69) is 10.6 Å².